The Bertz CT molecular complexity index is 796. The van der Waals surface area contributed by atoms with Crippen molar-refractivity contribution in [2.75, 3.05) is 5.32 Å². The molecule has 0 heterocycles. The average molecular weight is 405 g/mol. The zero-order valence-electron chi connectivity index (χ0n) is 16.8. The van der Waals surface area contributed by atoms with Gasteiger partial charge in [-0.25, -0.2) is 4.79 Å². The lowest BCUT2D eigenvalue weighted by Crippen LogP contribution is -2.36. The largest absolute Gasteiger partial charge is 0.481 e. The number of alkyl carbamates (subject to hydrolysis) is 1. The normalized spacial score (nSPS) is 11.5. The molecule has 0 aromatic heterocycles. The maximum absolute atomic E-state index is 12.6. The van der Waals surface area contributed by atoms with Crippen molar-refractivity contribution in [3.63, 3.8) is 0 Å². The van der Waals surface area contributed by atoms with Crippen LogP contribution in [0.2, 0.25) is 0 Å². The van der Waals surface area contributed by atoms with E-state index in [1.165, 1.54) is 6.08 Å². The number of ether oxygens (including phenoxy) is 1. The van der Waals surface area contributed by atoms with Crippen LogP contribution in [0, 0.1) is 0 Å². The highest BCUT2D eigenvalue weighted by atomic mass is 16.6. The van der Waals surface area contributed by atoms with Crippen molar-refractivity contribution in [2.24, 2.45) is 5.73 Å². The van der Waals surface area contributed by atoms with Crippen molar-refractivity contribution >= 4 is 29.6 Å². The van der Waals surface area contributed by atoms with Crippen LogP contribution in [0.4, 0.5) is 10.5 Å². The highest BCUT2D eigenvalue weighted by Crippen LogP contribution is 2.14. The predicted octanol–water partition coefficient (Wildman–Crippen LogP) is 2.32. The van der Waals surface area contributed by atoms with Gasteiger partial charge in [-0.15, -0.1) is 0 Å². The van der Waals surface area contributed by atoms with Crippen molar-refractivity contribution < 1.29 is 29.0 Å². The molecule has 1 rings (SSSR count). The number of carbonyl (C=O) groups excluding carboxylic acids is 3. The number of rotatable bonds is 9. The fraction of sp³-hybridized carbons (Fsp3) is 0.400. The van der Waals surface area contributed by atoms with Crippen molar-refractivity contribution in [3.8, 4) is 0 Å². The van der Waals surface area contributed by atoms with Crippen LogP contribution >= 0.6 is 0 Å². The lowest BCUT2D eigenvalue weighted by molar-refractivity contribution is -0.137. The van der Waals surface area contributed by atoms with E-state index < -0.39 is 29.5 Å². The Balaban J connectivity index is 2.86. The third-order valence-electron chi connectivity index (χ3n) is 3.43. The standard InChI is InChI=1S/C20H27N3O6/c1-20(2,3)29-19(28)23-15(10-11-16(21)24)18(27)22-14-8-4-6-13(12-14)7-5-9-17(25)26/h4,6,8,10,12H,5,7,9,11H2,1-3H3,(H2,21,24)(H,22,27)(H,23,28)(H,25,26)/b15-10-. The molecule has 0 aliphatic carbocycles. The van der Waals surface area contributed by atoms with Crippen LogP contribution in [-0.2, 0) is 25.5 Å². The molecular weight excluding hydrogens is 378 g/mol. The van der Waals surface area contributed by atoms with E-state index in [4.69, 9.17) is 15.6 Å². The molecule has 0 aliphatic rings. The first kappa shape index (κ1) is 23.7. The first-order valence-electron chi connectivity index (χ1n) is 9.07. The van der Waals surface area contributed by atoms with Gasteiger partial charge in [0.05, 0.1) is 0 Å². The average Bonchev–Trinajstić information content (AvgIpc) is 2.56. The molecule has 0 saturated carbocycles. The first-order valence-corrected chi connectivity index (χ1v) is 9.07. The Morgan fingerprint density at radius 3 is 2.48 bits per heavy atom. The summed E-state index contributed by atoms with van der Waals surface area (Å²) in [6.07, 6.45) is 1.18. The number of carboxylic acids is 1. The molecule has 5 N–H and O–H groups in total. The second-order valence-electron chi connectivity index (χ2n) is 7.32. The molecule has 0 spiro atoms. The van der Waals surface area contributed by atoms with Crippen LogP contribution in [0.15, 0.2) is 36.0 Å². The number of aryl methyl sites for hydroxylation is 1. The highest BCUT2D eigenvalue weighted by Gasteiger charge is 2.20. The SMILES string of the molecule is CC(C)(C)OC(=O)N/C(=C\CC(N)=O)C(=O)Nc1cccc(CCCC(=O)O)c1. The van der Waals surface area contributed by atoms with E-state index in [2.05, 4.69) is 10.6 Å². The predicted molar refractivity (Wildman–Crippen MR) is 107 cm³/mol. The molecule has 0 fully saturated rings. The lowest BCUT2D eigenvalue weighted by atomic mass is 10.1. The quantitative estimate of drug-likeness (QED) is 0.463. The lowest BCUT2D eigenvalue weighted by Gasteiger charge is -2.20. The van der Waals surface area contributed by atoms with Crippen LogP contribution in [0.1, 0.15) is 45.6 Å². The first-order chi connectivity index (χ1) is 13.5. The molecule has 29 heavy (non-hydrogen) atoms. The molecule has 0 saturated heterocycles. The summed E-state index contributed by atoms with van der Waals surface area (Å²) in [5, 5.41) is 13.7. The molecule has 9 nitrogen and oxygen atoms in total. The van der Waals surface area contributed by atoms with Gasteiger partial charge in [-0.2, -0.15) is 0 Å². The zero-order chi connectivity index (χ0) is 22.0. The van der Waals surface area contributed by atoms with Crippen molar-refractivity contribution in [1.29, 1.82) is 0 Å². The molecule has 0 aliphatic heterocycles. The van der Waals surface area contributed by atoms with Gasteiger partial charge in [0.25, 0.3) is 5.91 Å². The van der Waals surface area contributed by atoms with Crippen LogP contribution in [0.3, 0.4) is 0 Å². The Morgan fingerprint density at radius 1 is 1.21 bits per heavy atom. The fourth-order valence-corrected chi connectivity index (χ4v) is 2.26. The molecule has 3 amide bonds. The van der Waals surface area contributed by atoms with Crippen LogP contribution in [0.25, 0.3) is 0 Å². The number of carbonyl (C=O) groups is 4. The number of nitrogens with two attached hydrogens (primary N) is 1. The Hall–Kier alpha value is -3.36. The molecule has 9 heteroatoms. The summed E-state index contributed by atoms with van der Waals surface area (Å²) in [5.41, 5.74) is 5.49. The van der Waals surface area contributed by atoms with E-state index in [0.29, 0.717) is 18.5 Å². The third-order valence-corrected chi connectivity index (χ3v) is 3.43. The number of hydrogen-bond acceptors (Lipinski definition) is 5. The molecule has 0 unspecified atom stereocenters. The molecule has 0 atom stereocenters. The van der Waals surface area contributed by atoms with Gasteiger partial charge < -0.3 is 20.9 Å². The van der Waals surface area contributed by atoms with Crippen LogP contribution in [0.5, 0.6) is 0 Å². The van der Waals surface area contributed by atoms with Gasteiger partial charge in [-0.3, -0.25) is 19.7 Å². The molecule has 1 aromatic rings. The van der Waals surface area contributed by atoms with E-state index in [1.807, 2.05) is 6.07 Å². The number of primary amides is 1. The fourth-order valence-electron chi connectivity index (χ4n) is 2.26. The van der Waals surface area contributed by atoms with Gasteiger partial charge in [-0.1, -0.05) is 12.1 Å². The van der Waals surface area contributed by atoms with Crippen molar-refractivity contribution in [2.45, 2.75) is 52.1 Å². The number of anilines is 1. The van der Waals surface area contributed by atoms with Gasteiger partial charge in [0, 0.05) is 18.5 Å². The van der Waals surface area contributed by atoms with E-state index in [-0.39, 0.29) is 18.5 Å². The van der Waals surface area contributed by atoms with Gasteiger partial charge in [0.1, 0.15) is 11.3 Å². The molecular formula is C20H27N3O6. The minimum atomic E-state index is -0.869. The summed E-state index contributed by atoms with van der Waals surface area (Å²) in [6.45, 7) is 5.03. The maximum atomic E-state index is 12.6. The van der Waals surface area contributed by atoms with Gasteiger partial charge in [-0.05, 0) is 57.4 Å². The van der Waals surface area contributed by atoms with E-state index in [1.54, 1.807) is 39.0 Å². The smallest absolute Gasteiger partial charge is 0.412 e. The van der Waals surface area contributed by atoms with E-state index in [9.17, 15) is 19.2 Å². The van der Waals surface area contributed by atoms with E-state index in [0.717, 1.165) is 5.56 Å². The third kappa shape index (κ3) is 10.5. The number of amides is 3. The van der Waals surface area contributed by atoms with Crippen LogP contribution < -0.4 is 16.4 Å². The Labute approximate surface area is 169 Å². The zero-order valence-corrected chi connectivity index (χ0v) is 16.8. The van der Waals surface area contributed by atoms with Gasteiger partial charge >= 0.3 is 12.1 Å². The summed E-state index contributed by atoms with van der Waals surface area (Å²) < 4.78 is 5.12. The Morgan fingerprint density at radius 2 is 1.90 bits per heavy atom. The van der Waals surface area contributed by atoms with Gasteiger partial charge in [0.2, 0.25) is 5.91 Å². The number of carboxylic acid groups (broad SMARTS) is 1. The topological polar surface area (TPSA) is 148 Å². The number of nitrogens with one attached hydrogen (secondary N) is 2. The summed E-state index contributed by atoms with van der Waals surface area (Å²) in [5.74, 6) is -2.19. The summed E-state index contributed by atoms with van der Waals surface area (Å²) in [7, 11) is 0. The Kier molecular flexibility index (Phi) is 8.85. The minimum absolute atomic E-state index is 0.0520. The van der Waals surface area contributed by atoms with Crippen LogP contribution in [-0.4, -0.2) is 34.6 Å². The second kappa shape index (κ2) is 10.8. The molecule has 0 bridgehead atoms. The summed E-state index contributed by atoms with van der Waals surface area (Å²) >= 11 is 0. The minimum Gasteiger partial charge on any atom is -0.481 e. The number of aliphatic carboxylic acids is 1. The number of hydrogen-bond donors (Lipinski definition) is 4. The van der Waals surface area contributed by atoms with Crippen molar-refractivity contribution in [3.05, 3.63) is 41.6 Å². The monoisotopic (exact) mass is 405 g/mol. The highest BCUT2D eigenvalue weighted by molar-refractivity contribution is 6.05. The summed E-state index contributed by atoms with van der Waals surface area (Å²) in [6, 6.07) is 6.90. The van der Waals surface area contributed by atoms with E-state index >= 15 is 0 Å². The summed E-state index contributed by atoms with van der Waals surface area (Å²) in [4.78, 5) is 46.2. The molecule has 0 radical (unpaired) electrons. The van der Waals surface area contributed by atoms with Gasteiger partial charge in [0.15, 0.2) is 0 Å². The molecule has 158 valence electrons. The second-order valence-corrected chi connectivity index (χ2v) is 7.32. The molecule has 1 aromatic carbocycles. The van der Waals surface area contributed by atoms with Crippen molar-refractivity contribution in [1.82, 2.24) is 5.32 Å². The number of benzene rings is 1. The maximum Gasteiger partial charge on any atom is 0.412 e.